The van der Waals surface area contributed by atoms with E-state index >= 15 is 0 Å². The maximum Gasteiger partial charge on any atom is 0.235 e. The van der Waals surface area contributed by atoms with Gasteiger partial charge in [-0.3, -0.25) is 4.57 Å². The second-order valence-electron chi connectivity index (χ2n) is 3.75. The first-order valence-corrected chi connectivity index (χ1v) is 7.58. The standard InChI is InChI=1S/C11H12ClN2O3P/c1-17-18(2,16)10-7-13-14(11(10)15)9-6-4-3-5-8(9)12/h3-7,15H,1-2H3. The third-order valence-corrected chi connectivity index (χ3v) is 4.80. The summed E-state index contributed by atoms with van der Waals surface area (Å²) >= 11 is 6.02. The minimum absolute atomic E-state index is 0.171. The molecule has 0 aliphatic heterocycles. The zero-order valence-corrected chi connectivity index (χ0v) is 11.5. The fourth-order valence-electron chi connectivity index (χ4n) is 1.52. The molecule has 1 aromatic carbocycles. The van der Waals surface area contributed by atoms with E-state index in [1.54, 1.807) is 24.3 Å². The minimum atomic E-state index is -3.05. The van der Waals surface area contributed by atoms with Crippen molar-refractivity contribution >= 4 is 24.3 Å². The average molecular weight is 287 g/mol. The first-order valence-electron chi connectivity index (χ1n) is 5.13. The van der Waals surface area contributed by atoms with Gasteiger partial charge in [0.25, 0.3) is 0 Å². The zero-order chi connectivity index (χ0) is 13.3. The molecule has 0 radical (unpaired) electrons. The molecule has 0 aliphatic rings. The highest BCUT2D eigenvalue weighted by atomic mass is 35.5. The van der Waals surface area contributed by atoms with E-state index in [-0.39, 0.29) is 11.2 Å². The van der Waals surface area contributed by atoms with Crippen LogP contribution in [0.2, 0.25) is 5.02 Å². The Bertz CT molecular complexity index is 627. The van der Waals surface area contributed by atoms with Gasteiger partial charge in [0, 0.05) is 13.8 Å². The molecule has 1 atom stereocenters. The zero-order valence-electron chi connectivity index (χ0n) is 9.87. The van der Waals surface area contributed by atoms with E-state index in [4.69, 9.17) is 16.1 Å². The number of nitrogens with zero attached hydrogens (tertiary/aromatic N) is 2. The highest BCUT2D eigenvalue weighted by Crippen LogP contribution is 2.43. The first-order chi connectivity index (χ1) is 8.47. The number of para-hydroxylation sites is 1. The summed E-state index contributed by atoms with van der Waals surface area (Å²) in [5.41, 5.74) is 0.513. The van der Waals surface area contributed by atoms with Gasteiger partial charge in [-0.15, -0.1) is 0 Å². The molecule has 1 N–H and O–H groups in total. The minimum Gasteiger partial charge on any atom is -0.493 e. The van der Waals surface area contributed by atoms with Crippen LogP contribution >= 0.6 is 19.0 Å². The lowest BCUT2D eigenvalue weighted by Gasteiger charge is -2.09. The smallest absolute Gasteiger partial charge is 0.235 e. The topological polar surface area (TPSA) is 64.3 Å². The van der Waals surface area contributed by atoms with Gasteiger partial charge in [-0.1, -0.05) is 23.7 Å². The summed E-state index contributed by atoms with van der Waals surface area (Å²) in [7, 11) is -1.73. The molecular formula is C11H12ClN2O3P. The van der Waals surface area contributed by atoms with Gasteiger partial charge in [-0.2, -0.15) is 9.78 Å². The molecular weight excluding hydrogens is 275 g/mol. The largest absolute Gasteiger partial charge is 0.493 e. The van der Waals surface area contributed by atoms with Crippen molar-refractivity contribution in [1.82, 2.24) is 9.78 Å². The normalized spacial score (nSPS) is 14.4. The number of aromatic nitrogens is 2. The monoisotopic (exact) mass is 286 g/mol. The van der Waals surface area contributed by atoms with E-state index in [0.29, 0.717) is 10.7 Å². The van der Waals surface area contributed by atoms with Crippen LogP contribution in [-0.4, -0.2) is 28.7 Å². The van der Waals surface area contributed by atoms with Gasteiger partial charge in [0.05, 0.1) is 16.9 Å². The quantitative estimate of drug-likeness (QED) is 0.880. The number of aromatic hydroxyl groups is 1. The maximum absolute atomic E-state index is 12.1. The molecule has 0 fully saturated rings. The van der Waals surface area contributed by atoms with Crippen molar-refractivity contribution in [3.05, 3.63) is 35.5 Å². The molecule has 0 aliphatic carbocycles. The van der Waals surface area contributed by atoms with Crippen molar-refractivity contribution in [3.8, 4) is 11.6 Å². The summed E-state index contributed by atoms with van der Waals surface area (Å²) in [6.07, 6.45) is 1.32. The van der Waals surface area contributed by atoms with Crippen LogP contribution in [0.3, 0.4) is 0 Å². The summed E-state index contributed by atoms with van der Waals surface area (Å²) in [6, 6.07) is 6.92. The van der Waals surface area contributed by atoms with Crippen molar-refractivity contribution in [2.45, 2.75) is 0 Å². The van der Waals surface area contributed by atoms with Gasteiger partial charge in [0.2, 0.25) is 13.2 Å². The Labute approximate surface area is 109 Å². The second-order valence-corrected chi connectivity index (χ2v) is 6.69. The van der Waals surface area contributed by atoms with E-state index in [2.05, 4.69) is 5.10 Å². The Morgan fingerprint density at radius 3 is 2.72 bits per heavy atom. The van der Waals surface area contributed by atoms with Crippen LogP contribution in [0, 0.1) is 0 Å². The van der Waals surface area contributed by atoms with Crippen LogP contribution in [0.5, 0.6) is 5.88 Å². The molecule has 0 saturated heterocycles. The SMILES string of the molecule is COP(C)(=O)c1cnn(-c2ccccc2Cl)c1O. The number of rotatable bonds is 3. The number of hydrogen-bond donors (Lipinski definition) is 1. The van der Waals surface area contributed by atoms with Crippen molar-refractivity contribution in [3.63, 3.8) is 0 Å². The number of hydrogen-bond acceptors (Lipinski definition) is 4. The van der Waals surface area contributed by atoms with Crippen molar-refractivity contribution < 1.29 is 14.2 Å². The molecule has 5 nitrogen and oxygen atoms in total. The Kier molecular flexibility index (Phi) is 3.48. The van der Waals surface area contributed by atoms with E-state index in [9.17, 15) is 9.67 Å². The Balaban J connectivity index is 2.57. The molecule has 1 aromatic heterocycles. The van der Waals surface area contributed by atoms with Gasteiger partial charge in [0.15, 0.2) is 0 Å². The van der Waals surface area contributed by atoms with Crippen LogP contribution in [-0.2, 0) is 9.09 Å². The fraction of sp³-hybridized carbons (Fsp3) is 0.182. The highest BCUT2D eigenvalue weighted by Gasteiger charge is 2.26. The summed E-state index contributed by atoms with van der Waals surface area (Å²) < 4.78 is 18.2. The highest BCUT2D eigenvalue weighted by molar-refractivity contribution is 7.66. The maximum atomic E-state index is 12.1. The summed E-state index contributed by atoms with van der Waals surface area (Å²) in [5, 5.41) is 14.7. The molecule has 2 aromatic rings. The van der Waals surface area contributed by atoms with Crippen molar-refractivity contribution in [1.29, 1.82) is 0 Å². The Morgan fingerprint density at radius 1 is 1.44 bits per heavy atom. The van der Waals surface area contributed by atoms with E-state index < -0.39 is 7.37 Å². The van der Waals surface area contributed by atoms with Crippen LogP contribution in [0.15, 0.2) is 30.5 Å². The Hall–Kier alpha value is -1.29. The van der Waals surface area contributed by atoms with Crippen molar-refractivity contribution in [2.75, 3.05) is 13.8 Å². The van der Waals surface area contributed by atoms with Gasteiger partial charge in [0.1, 0.15) is 5.30 Å². The molecule has 96 valence electrons. The number of benzene rings is 1. The van der Waals surface area contributed by atoms with Crippen LogP contribution < -0.4 is 5.30 Å². The van der Waals surface area contributed by atoms with Gasteiger partial charge < -0.3 is 9.63 Å². The lowest BCUT2D eigenvalue weighted by molar-refractivity contribution is 0.403. The van der Waals surface area contributed by atoms with E-state index in [1.165, 1.54) is 24.7 Å². The average Bonchev–Trinajstić information content (AvgIpc) is 2.72. The fourth-order valence-corrected chi connectivity index (χ4v) is 2.65. The lowest BCUT2D eigenvalue weighted by Crippen LogP contribution is -2.04. The second kappa shape index (κ2) is 4.76. The van der Waals surface area contributed by atoms with Gasteiger partial charge in [-0.25, -0.2) is 0 Å². The Morgan fingerprint density at radius 2 is 2.11 bits per heavy atom. The molecule has 0 spiro atoms. The molecule has 0 saturated carbocycles. The lowest BCUT2D eigenvalue weighted by atomic mass is 10.3. The predicted octanol–water partition coefficient (Wildman–Crippen LogP) is 2.41. The van der Waals surface area contributed by atoms with Crippen LogP contribution in [0.1, 0.15) is 0 Å². The molecule has 1 heterocycles. The molecule has 0 bridgehead atoms. The first kappa shape index (κ1) is 13.1. The molecule has 2 rings (SSSR count). The van der Waals surface area contributed by atoms with Gasteiger partial charge in [-0.05, 0) is 12.1 Å². The van der Waals surface area contributed by atoms with Crippen LogP contribution in [0.25, 0.3) is 5.69 Å². The van der Waals surface area contributed by atoms with E-state index in [0.717, 1.165) is 0 Å². The molecule has 7 heteroatoms. The predicted molar refractivity (Wildman–Crippen MR) is 70.4 cm³/mol. The summed E-state index contributed by atoms with van der Waals surface area (Å²) in [5.74, 6) is -0.226. The molecule has 18 heavy (non-hydrogen) atoms. The molecule has 1 unspecified atom stereocenters. The number of halogens is 1. The third-order valence-electron chi connectivity index (χ3n) is 2.59. The third kappa shape index (κ3) is 2.17. The van der Waals surface area contributed by atoms with Gasteiger partial charge >= 0.3 is 0 Å². The van der Waals surface area contributed by atoms with Crippen LogP contribution in [0.4, 0.5) is 0 Å². The summed E-state index contributed by atoms with van der Waals surface area (Å²) in [6.45, 7) is 1.42. The van der Waals surface area contributed by atoms with Crippen molar-refractivity contribution in [2.24, 2.45) is 0 Å². The molecule has 0 amide bonds. The van der Waals surface area contributed by atoms with E-state index in [1.807, 2.05) is 0 Å². The summed E-state index contributed by atoms with van der Waals surface area (Å²) in [4.78, 5) is 0.